The lowest BCUT2D eigenvalue weighted by Gasteiger charge is -2.15. The Bertz CT molecular complexity index is 509. The van der Waals surface area contributed by atoms with Crippen molar-refractivity contribution in [2.45, 2.75) is 40.3 Å². The fourth-order valence-electron chi connectivity index (χ4n) is 2.08. The summed E-state index contributed by atoms with van der Waals surface area (Å²) in [4.78, 5) is 4.18. The molecule has 0 N–H and O–H groups in total. The van der Waals surface area contributed by atoms with Crippen molar-refractivity contribution in [3.63, 3.8) is 0 Å². The van der Waals surface area contributed by atoms with Crippen molar-refractivity contribution in [2.75, 3.05) is 0 Å². The number of imidazole rings is 1. The highest BCUT2D eigenvalue weighted by Crippen LogP contribution is 2.23. The first-order valence-corrected chi connectivity index (χ1v) is 6.29. The maximum atomic E-state index is 5.94. The van der Waals surface area contributed by atoms with Gasteiger partial charge < -0.3 is 9.30 Å². The molecule has 1 aromatic heterocycles. The van der Waals surface area contributed by atoms with Crippen LogP contribution in [0.3, 0.4) is 0 Å². The van der Waals surface area contributed by atoms with E-state index >= 15 is 0 Å². The Morgan fingerprint density at radius 3 is 2.50 bits per heavy atom. The van der Waals surface area contributed by atoms with E-state index in [1.165, 1.54) is 11.1 Å². The number of para-hydroxylation sites is 1. The zero-order valence-electron chi connectivity index (χ0n) is 11.5. The number of aryl methyl sites for hydroxylation is 2. The van der Waals surface area contributed by atoms with E-state index in [2.05, 4.69) is 55.4 Å². The fraction of sp³-hybridized carbons (Fsp3) is 0.400. The first kappa shape index (κ1) is 12.7. The molecule has 0 aliphatic rings. The molecule has 0 amide bonds. The van der Waals surface area contributed by atoms with Gasteiger partial charge in [0.05, 0.1) is 18.2 Å². The summed E-state index contributed by atoms with van der Waals surface area (Å²) in [6.07, 6.45) is 3.72. The molecule has 0 radical (unpaired) electrons. The first-order valence-electron chi connectivity index (χ1n) is 6.29. The van der Waals surface area contributed by atoms with Gasteiger partial charge in [-0.3, -0.25) is 0 Å². The van der Waals surface area contributed by atoms with Crippen LogP contribution in [0.2, 0.25) is 0 Å². The Kier molecular flexibility index (Phi) is 3.70. The molecule has 1 heterocycles. The van der Waals surface area contributed by atoms with Gasteiger partial charge in [-0.05, 0) is 38.8 Å². The summed E-state index contributed by atoms with van der Waals surface area (Å²) in [5, 5.41) is 0. The van der Waals surface area contributed by atoms with Gasteiger partial charge in [0.1, 0.15) is 12.4 Å². The summed E-state index contributed by atoms with van der Waals surface area (Å²) >= 11 is 0. The summed E-state index contributed by atoms with van der Waals surface area (Å²) in [5.41, 5.74) is 3.45. The second-order valence-corrected chi connectivity index (χ2v) is 4.90. The Morgan fingerprint density at radius 2 is 1.89 bits per heavy atom. The summed E-state index contributed by atoms with van der Waals surface area (Å²) in [5.74, 6) is 0.981. The van der Waals surface area contributed by atoms with Gasteiger partial charge in [0.25, 0.3) is 0 Å². The summed E-state index contributed by atoms with van der Waals surface area (Å²) in [6.45, 7) is 8.99. The highest BCUT2D eigenvalue weighted by molar-refractivity contribution is 5.39. The molecule has 1 aromatic carbocycles. The highest BCUT2D eigenvalue weighted by Gasteiger charge is 2.08. The van der Waals surface area contributed by atoms with E-state index in [4.69, 9.17) is 4.74 Å². The van der Waals surface area contributed by atoms with Crippen LogP contribution in [-0.4, -0.2) is 9.55 Å². The molecule has 3 nitrogen and oxygen atoms in total. The lowest BCUT2D eigenvalue weighted by molar-refractivity contribution is 0.288. The number of ether oxygens (including phenoxy) is 1. The number of rotatable bonds is 4. The molecular weight excluding hydrogens is 224 g/mol. The second kappa shape index (κ2) is 5.25. The average molecular weight is 244 g/mol. The summed E-state index contributed by atoms with van der Waals surface area (Å²) < 4.78 is 8.07. The molecule has 0 saturated carbocycles. The molecule has 0 bridgehead atoms. The van der Waals surface area contributed by atoms with Gasteiger partial charge in [0.15, 0.2) is 0 Å². The van der Waals surface area contributed by atoms with Crippen LogP contribution in [0.25, 0.3) is 0 Å². The predicted octanol–water partition coefficient (Wildman–Crippen LogP) is 3.66. The van der Waals surface area contributed by atoms with Gasteiger partial charge in [0, 0.05) is 6.04 Å². The van der Waals surface area contributed by atoms with Crippen molar-refractivity contribution in [3.8, 4) is 5.75 Å². The quantitative estimate of drug-likeness (QED) is 0.820. The largest absolute Gasteiger partial charge is 0.487 e. The van der Waals surface area contributed by atoms with Crippen molar-refractivity contribution in [1.82, 2.24) is 9.55 Å². The van der Waals surface area contributed by atoms with Crippen LogP contribution in [-0.2, 0) is 6.61 Å². The van der Waals surface area contributed by atoms with Gasteiger partial charge in [0.2, 0.25) is 0 Å². The van der Waals surface area contributed by atoms with Gasteiger partial charge in [-0.2, -0.15) is 0 Å². The minimum absolute atomic E-state index is 0.407. The number of nitrogens with zero attached hydrogens (tertiary/aromatic N) is 2. The first-order chi connectivity index (χ1) is 8.59. The van der Waals surface area contributed by atoms with Crippen LogP contribution in [0.15, 0.2) is 30.7 Å². The highest BCUT2D eigenvalue weighted by atomic mass is 16.5. The van der Waals surface area contributed by atoms with E-state index in [9.17, 15) is 0 Å². The van der Waals surface area contributed by atoms with Crippen LogP contribution in [0.1, 0.15) is 36.7 Å². The number of hydrogen-bond acceptors (Lipinski definition) is 2. The summed E-state index contributed by atoms with van der Waals surface area (Å²) in [6, 6.07) is 6.60. The molecule has 2 rings (SSSR count). The average Bonchev–Trinajstić information content (AvgIpc) is 2.76. The van der Waals surface area contributed by atoms with E-state index in [1.807, 2.05) is 12.5 Å². The molecular formula is C15H20N2O. The van der Waals surface area contributed by atoms with Gasteiger partial charge in [-0.1, -0.05) is 18.2 Å². The fourth-order valence-corrected chi connectivity index (χ4v) is 2.08. The topological polar surface area (TPSA) is 27.1 Å². The standard InChI is InChI=1S/C15H20N2O/c1-11(2)17-10-16-8-14(17)9-18-15-12(3)6-5-7-13(15)4/h5-8,10-11H,9H2,1-4H3. The van der Waals surface area contributed by atoms with Crippen molar-refractivity contribution in [2.24, 2.45) is 0 Å². The van der Waals surface area contributed by atoms with Crippen LogP contribution in [0.4, 0.5) is 0 Å². The second-order valence-electron chi connectivity index (χ2n) is 4.90. The predicted molar refractivity (Wildman–Crippen MR) is 72.9 cm³/mol. The van der Waals surface area contributed by atoms with Crippen molar-refractivity contribution < 1.29 is 4.74 Å². The zero-order chi connectivity index (χ0) is 13.1. The molecule has 0 fully saturated rings. The maximum Gasteiger partial charge on any atom is 0.130 e. The zero-order valence-corrected chi connectivity index (χ0v) is 11.5. The lowest BCUT2D eigenvalue weighted by atomic mass is 10.1. The van der Waals surface area contributed by atoms with Crippen molar-refractivity contribution in [1.29, 1.82) is 0 Å². The molecule has 0 aliphatic carbocycles. The van der Waals surface area contributed by atoms with E-state index in [0.717, 1.165) is 11.4 Å². The third-order valence-corrected chi connectivity index (χ3v) is 3.08. The van der Waals surface area contributed by atoms with Crippen molar-refractivity contribution >= 4 is 0 Å². The molecule has 2 aromatic rings. The molecule has 3 heteroatoms. The van der Waals surface area contributed by atoms with Crippen LogP contribution in [0, 0.1) is 13.8 Å². The van der Waals surface area contributed by atoms with E-state index in [0.29, 0.717) is 12.6 Å². The minimum Gasteiger partial charge on any atom is -0.487 e. The molecule has 0 saturated heterocycles. The molecule has 0 aliphatic heterocycles. The van der Waals surface area contributed by atoms with Crippen LogP contribution in [0.5, 0.6) is 5.75 Å². The third kappa shape index (κ3) is 2.55. The van der Waals surface area contributed by atoms with Crippen molar-refractivity contribution in [3.05, 3.63) is 47.5 Å². The van der Waals surface area contributed by atoms with Crippen LogP contribution < -0.4 is 4.74 Å². The normalized spacial score (nSPS) is 10.9. The van der Waals surface area contributed by atoms with Gasteiger partial charge in [-0.15, -0.1) is 0 Å². The Hall–Kier alpha value is -1.77. The Labute approximate surface area is 108 Å². The summed E-state index contributed by atoms with van der Waals surface area (Å²) in [7, 11) is 0. The molecule has 0 unspecified atom stereocenters. The van der Waals surface area contributed by atoms with E-state index < -0.39 is 0 Å². The molecule has 18 heavy (non-hydrogen) atoms. The van der Waals surface area contributed by atoms with E-state index in [-0.39, 0.29) is 0 Å². The number of hydrogen-bond donors (Lipinski definition) is 0. The molecule has 0 spiro atoms. The van der Waals surface area contributed by atoms with E-state index in [1.54, 1.807) is 0 Å². The Morgan fingerprint density at radius 1 is 1.22 bits per heavy atom. The third-order valence-electron chi connectivity index (χ3n) is 3.08. The van der Waals surface area contributed by atoms with Gasteiger partial charge >= 0.3 is 0 Å². The maximum absolute atomic E-state index is 5.94. The van der Waals surface area contributed by atoms with Crippen LogP contribution >= 0.6 is 0 Å². The molecule has 0 atom stereocenters. The monoisotopic (exact) mass is 244 g/mol. The molecule has 96 valence electrons. The smallest absolute Gasteiger partial charge is 0.130 e. The number of aromatic nitrogens is 2. The van der Waals surface area contributed by atoms with Gasteiger partial charge in [-0.25, -0.2) is 4.98 Å². The lowest BCUT2D eigenvalue weighted by Crippen LogP contribution is -2.08. The number of benzene rings is 1. The Balaban J connectivity index is 2.14. The SMILES string of the molecule is Cc1cccc(C)c1OCc1cncn1C(C)C. The minimum atomic E-state index is 0.407.